The van der Waals surface area contributed by atoms with Gasteiger partial charge in [-0.1, -0.05) is 11.6 Å². The number of nitrogens with zero attached hydrogens (tertiary/aromatic N) is 1. The molecule has 1 aromatic rings. The van der Waals surface area contributed by atoms with E-state index in [1.54, 1.807) is 0 Å². The lowest BCUT2D eigenvalue weighted by Gasteiger charge is -2.15. The number of aliphatic carboxylic acids is 1. The molecule has 0 aliphatic rings. The highest BCUT2D eigenvalue weighted by Gasteiger charge is 2.38. The number of hydrogen-bond donors (Lipinski definition) is 1. The predicted molar refractivity (Wildman–Crippen MR) is 50.5 cm³/mol. The lowest BCUT2D eigenvalue weighted by molar-refractivity contribution is -0.142. The fourth-order valence-electron chi connectivity index (χ4n) is 1.32. The maximum Gasteiger partial charge on any atom is 0.433 e. The van der Waals surface area contributed by atoms with Gasteiger partial charge in [0.05, 0.1) is 6.42 Å². The lowest BCUT2D eigenvalue weighted by Crippen LogP contribution is -2.17. The summed E-state index contributed by atoms with van der Waals surface area (Å²) in [7, 11) is 0. The summed E-state index contributed by atoms with van der Waals surface area (Å²) in [5, 5.41) is 7.69. The van der Waals surface area contributed by atoms with E-state index in [1.807, 2.05) is 0 Å². The van der Waals surface area contributed by atoms with Crippen LogP contribution in [0.5, 0.6) is 0 Å². The average Bonchev–Trinajstić information content (AvgIpc) is 2.17. The fourth-order valence-corrected chi connectivity index (χ4v) is 1.53. The van der Waals surface area contributed by atoms with E-state index in [2.05, 4.69) is 4.98 Å². The Kier molecular flexibility index (Phi) is 4.10. The molecule has 1 rings (SSSR count). The van der Waals surface area contributed by atoms with E-state index in [4.69, 9.17) is 16.7 Å². The molecule has 0 unspecified atom stereocenters. The summed E-state index contributed by atoms with van der Waals surface area (Å²) >= 11 is 5.22. The van der Waals surface area contributed by atoms with E-state index < -0.39 is 47.0 Å². The summed E-state index contributed by atoms with van der Waals surface area (Å²) in [5.41, 5.74) is -3.85. The van der Waals surface area contributed by atoms with Crippen molar-refractivity contribution in [2.45, 2.75) is 19.0 Å². The molecular weight excluding hydrogens is 285 g/mol. The van der Waals surface area contributed by atoms with Gasteiger partial charge in [0.1, 0.15) is 10.8 Å². The highest BCUT2D eigenvalue weighted by Crippen LogP contribution is 2.36. The van der Waals surface area contributed by atoms with Crippen LogP contribution in [0.25, 0.3) is 0 Å². The van der Waals surface area contributed by atoms with Crippen LogP contribution in [0.3, 0.4) is 0 Å². The smallest absolute Gasteiger partial charge is 0.433 e. The molecule has 0 fully saturated rings. The molecule has 0 spiro atoms. The fraction of sp³-hybridized carbons (Fsp3) is 0.333. The van der Waals surface area contributed by atoms with E-state index in [0.29, 0.717) is 6.07 Å². The summed E-state index contributed by atoms with van der Waals surface area (Å²) in [5.74, 6) is -1.67. The molecule has 1 heterocycles. The van der Waals surface area contributed by atoms with Crippen molar-refractivity contribution in [1.82, 2.24) is 4.98 Å². The van der Waals surface area contributed by atoms with Crippen LogP contribution in [0, 0.1) is 0 Å². The van der Waals surface area contributed by atoms with Gasteiger partial charge in [-0.15, -0.1) is 0 Å². The Morgan fingerprint density at radius 2 is 2.00 bits per heavy atom. The molecule has 0 radical (unpaired) electrons. The first-order valence-corrected chi connectivity index (χ1v) is 4.77. The molecule has 0 saturated carbocycles. The van der Waals surface area contributed by atoms with Gasteiger partial charge >= 0.3 is 12.1 Å². The molecular formula is C9H5ClF5NO2. The van der Waals surface area contributed by atoms with E-state index >= 15 is 0 Å². The quantitative estimate of drug-likeness (QED) is 0.686. The number of rotatable bonds is 3. The SMILES string of the molecule is O=C(O)Cc1c(C(F)F)cc(Cl)nc1C(F)(F)F. The second kappa shape index (κ2) is 5.05. The van der Waals surface area contributed by atoms with E-state index in [-0.39, 0.29) is 0 Å². The number of pyridine rings is 1. The molecule has 0 atom stereocenters. The first kappa shape index (κ1) is 14.6. The van der Waals surface area contributed by atoms with Crippen LogP contribution in [-0.2, 0) is 17.4 Å². The van der Waals surface area contributed by atoms with Gasteiger partial charge in [-0.2, -0.15) is 13.2 Å². The first-order chi connectivity index (χ1) is 8.12. The Bertz CT molecular complexity index is 475. The molecule has 0 saturated heterocycles. The standard InChI is InChI=1S/C9H5ClF5NO2/c10-5-1-4(8(11)12)3(2-6(17)18)7(16-5)9(13,14)15/h1,8H,2H2,(H,17,18). The van der Waals surface area contributed by atoms with Crippen LogP contribution in [0.4, 0.5) is 22.0 Å². The summed E-state index contributed by atoms with van der Waals surface area (Å²) in [4.78, 5) is 13.3. The molecule has 18 heavy (non-hydrogen) atoms. The highest BCUT2D eigenvalue weighted by molar-refractivity contribution is 6.29. The van der Waals surface area contributed by atoms with Crippen molar-refractivity contribution in [3.05, 3.63) is 28.0 Å². The van der Waals surface area contributed by atoms with Crippen molar-refractivity contribution in [1.29, 1.82) is 0 Å². The zero-order valence-corrected chi connectivity index (χ0v) is 9.19. The monoisotopic (exact) mass is 289 g/mol. The van der Waals surface area contributed by atoms with Gasteiger partial charge in [0.2, 0.25) is 0 Å². The van der Waals surface area contributed by atoms with Crippen LogP contribution < -0.4 is 0 Å². The zero-order chi connectivity index (χ0) is 14.1. The van der Waals surface area contributed by atoms with Gasteiger partial charge in [-0.05, 0) is 6.07 Å². The Hall–Kier alpha value is -1.44. The van der Waals surface area contributed by atoms with Crippen molar-refractivity contribution in [2.75, 3.05) is 0 Å². The third kappa shape index (κ3) is 3.28. The van der Waals surface area contributed by atoms with E-state index in [1.165, 1.54) is 0 Å². The maximum atomic E-state index is 12.6. The Labute approximate surface area is 102 Å². The van der Waals surface area contributed by atoms with E-state index in [0.717, 1.165) is 0 Å². The predicted octanol–water partition coefficient (Wildman–Crippen LogP) is 3.32. The topological polar surface area (TPSA) is 50.2 Å². The molecule has 3 nitrogen and oxygen atoms in total. The lowest BCUT2D eigenvalue weighted by atomic mass is 10.0. The molecule has 0 aliphatic carbocycles. The third-order valence-electron chi connectivity index (χ3n) is 1.96. The molecule has 1 N–H and O–H groups in total. The molecule has 9 heteroatoms. The molecule has 0 aliphatic heterocycles. The Morgan fingerprint density at radius 3 is 2.39 bits per heavy atom. The van der Waals surface area contributed by atoms with Gasteiger partial charge in [0.15, 0.2) is 0 Å². The van der Waals surface area contributed by atoms with Crippen LogP contribution in [0.1, 0.15) is 23.2 Å². The summed E-state index contributed by atoms with van der Waals surface area (Å²) in [6.07, 6.45) is -9.54. The summed E-state index contributed by atoms with van der Waals surface area (Å²) < 4.78 is 62.8. The van der Waals surface area contributed by atoms with Crippen LogP contribution in [0.15, 0.2) is 6.07 Å². The maximum absolute atomic E-state index is 12.6. The number of carboxylic acids is 1. The van der Waals surface area contributed by atoms with Gasteiger partial charge in [-0.25, -0.2) is 13.8 Å². The number of aromatic nitrogens is 1. The second-order valence-corrected chi connectivity index (χ2v) is 3.62. The minimum Gasteiger partial charge on any atom is -0.481 e. The third-order valence-corrected chi connectivity index (χ3v) is 2.15. The van der Waals surface area contributed by atoms with Crippen molar-refractivity contribution in [3.8, 4) is 0 Å². The van der Waals surface area contributed by atoms with Crippen LogP contribution in [-0.4, -0.2) is 16.1 Å². The molecule has 100 valence electrons. The summed E-state index contributed by atoms with van der Waals surface area (Å²) in [6.45, 7) is 0. The minimum absolute atomic E-state index is 0.528. The van der Waals surface area contributed by atoms with Crippen LogP contribution in [0.2, 0.25) is 5.15 Å². The van der Waals surface area contributed by atoms with Gasteiger partial charge < -0.3 is 5.11 Å². The first-order valence-electron chi connectivity index (χ1n) is 4.39. The minimum atomic E-state index is -5.06. The Balaban J connectivity index is 3.52. The molecule has 1 aromatic heterocycles. The van der Waals surface area contributed by atoms with Crippen molar-refractivity contribution in [2.24, 2.45) is 0 Å². The Morgan fingerprint density at radius 1 is 1.44 bits per heavy atom. The van der Waals surface area contributed by atoms with Crippen molar-refractivity contribution < 1.29 is 31.9 Å². The van der Waals surface area contributed by atoms with Gasteiger partial charge in [0, 0.05) is 11.1 Å². The number of hydrogen-bond acceptors (Lipinski definition) is 2. The van der Waals surface area contributed by atoms with Crippen molar-refractivity contribution >= 4 is 17.6 Å². The molecule has 0 amide bonds. The largest absolute Gasteiger partial charge is 0.481 e. The number of carboxylic acid groups (broad SMARTS) is 1. The number of alkyl halides is 5. The van der Waals surface area contributed by atoms with Gasteiger partial charge in [0.25, 0.3) is 6.43 Å². The van der Waals surface area contributed by atoms with Crippen LogP contribution >= 0.6 is 11.6 Å². The number of carbonyl (C=O) groups is 1. The van der Waals surface area contributed by atoms with Crippen molar-refractivity contribution in [3.63, 3.8) is 0 Å². The average molecular weight is 290 g/mol. The molecule has 0 bridgehead atoms. The normalized spacial score (nSPS) is 11.9. The highest BCUT2D eigenvalue weighted by atomic mass is 35.5. The zero-order valence-electron chi connectivity index (χ0n) is 8.43. The van der Waals surface area contributed by atoms with E-state index in [9.17, 15) is 26.7 Å². The van der Waals surface area contributed by atoms with Gasteiger partial charge in [-0.3, -0.25) is 4.79 Å². The molecule has 0 aromatic carbocycles. The summed E-state index contributed by atoms with van der Waals surface area (Å²) in [6, 6.07) is 0.528. The second-order valence-electron chi connectivity index (χ2n) is 3.23. The number of halogens is 6.